The molecule has 1 fully saturated rings. The lowest BCUT2D eigenvalue weighted by atomic mass is 9.64. The minimum atomic E-state index is -1.39. The van der Waals surface area contributed by atoms with Gasteiger partial charge in [0, 0.05) is 29.1 Å². The summed E-state index contributed by atoms with van der Waals surface area (Å²) in [5, 5.41) is 16.1. The number of Topliss-reactive ketones (excluding diaryl/α,β-unsaturated/α-hetero) is 2. The van der Waals surface area contributed by atoms with Gasteiger partial charge in [0.05, 0.1) is 21.8 Å². The molecule has 4 atom stereocenters. The van der Waals surface area contributed by atoms with Crippen molar-refractivity contribution in [2.45, 2.75) is 17.5 Å². The van der Waals surface area contributed by atoms with Gasteiger partial charge in [-0.15, -0.1) is 11.3 Å². The Labute approximate surface area is 232 Å². The van der Waals surface area contributed by atoms with Crippen LogP contribution in [0.15, 0.2) is 96.4 Å². The van der Waals surface area contributed by atoms with Gasteiger partial charge in [0.15, 0.2) is 11.6 Å². The summed E-state index contributed by atoms with van der Waals surface area (Å²) in [6.45, 7) is 0. The smallest absolute Gasteiger partial charge is 0.269 e. The third-order valence-electron chi connectivity index (χ3n) is 8.22. The number of nitro groups is 1. The van der Waals surface area contributed by atoms with E-state index in [0.717, 1.165) is 11.3 Å². The fraction of sp³-hybridized carbons (Fsp3) is 0.129. The van der Waals surface area contributed by atoms with Crippen molar-refractivity contribution >= 4 is 51.9 Å². The number of carbonyl (C=O) groups is 3. The fourth-order valence-corrected chi connectivity index (χ4v) is 7.31. The number of nitro benzene ring substituents is 1. The second-order valence-corrected chi connectivity index (χ2v) is 11.0. The summed E-state index contributed by atoms with van der Waals surface area (Å²) < 4.78 is 0. The molecule has 1 aromatic heterocycles. The van der Waals surface area contributed by atoms with Crippen LogP contribution in [0.2, 0.25) is 0 Å². The Bertz CT molecular complexity index is 1750. The molecular formula is C31H21N3O5S. The lowest BCUT2D eigenvalue weighted by molar-refractivity contribution is -0.384. The summed E-state index contributed by atoms with van der Waals surface area (Å²) >= 11 is 1.27. The van der Waals surface area contributed by atoms with E-state index in [2.05, 4.69) is 5.32 Å². The van der Waals surface area contributed by atoms with E-state index in [4.69, 9.17) is 0 Å². The molecule has 0 radical (unpaired) electrons. The highest BCUT2D eigenvalue weighted by molar-refractivity contribution is 7.12. The van der Waals surface area contributed by atoms with Crippen molar-refractivity contribution in [2.24, 2.45) is 5.92 Å². The third kappa shape index (κ3) is 3.21. The van der Waals surface area contributed by atoms with Crippen molar-refractivity contribution in [2.75, 3.05) is 10.2 Å². The van der Waals surface area contributed by atoms with Crippen molar-refractivity contribution < 1.29 is 19.3 Å². The maximum Gasteiger partial charge on any atom is 0.269 e. The van der Waals surface area contributed by atoms with Crippen LogP contribution in [-0.4, -0.2) is 34.5 Å². The molecule has 0 bridgehead atoms. The quantitative estimate of drug-likeness (QED) is 0.200. The Morgan fingerprint density at radius 2 is 1.68 bits per heavy atom. The number of fused-ring (bicyclic) bond motifs is 6. The Kier molecular flexibility index (Phi) is 5.33. The summed E-state index contributed by atoms with van der Waals surface area (Å²) in [6, 6.07) is 22.1. The van der Waals surface area contributed by atoms with E-state index in [1.807, 2.05) is 65.6 Å². The largest absolute Gasteiger partial charge is 0.352 e. The lowest BCUT2D eigenvalue weighted by Gasteiger charge is -2.37. The number of carbonyl (C=O) groups excluding carboxylic acids is 3. The molecule has 196 valence electrons. The summed E-state index contributed by atoms with van der Waals surface area (Å²) in [5.74, 6) is -2.07. The number of amides is 1. The maximum absolute atomic E-state index is 14.5. The van der Waals surface area contributed by atoms with Crippen LogP contribution in [-0.2, 0) is 10.2 Å². The van der Waals surface area contributed by atoms with Crippen LogP contribution in [0.25, 0.3) is 6.08 Å². The average Bonchev–Trinajstić information content (AvgIpc) is 3.69. The molecule has 1 saturated heterocycles. The summed E-state index contributed by atoms with van der Waals surface area (Å²) in [4.78, 5) is 56.4. The van der Waals surface area contributed by atoms with Gasteiger partial charge in [-0.25, -0.2) is 0 Å². The molecule has 3 aliphatic heterocycles. The molecule has 3 aromatic carbocycles. The number of hydrogen-bond acceptors (Lipinski definition) is 7. The van der Waals surface area contributed by atoms with Crippen molar-refractivity contribution in [3.8, 4) is 0 Å². The molecule has 3 aliphatic rings. The van der Waals surface area contributed by atoms with Crippen LogP contribution < -0.4 is 10.2 Å². The Morgan fingerprint density at radius 1 is 0.925 bits per heavy atom. The monoisotopic (exact) mass is 547 g/mol. The molecule has 4 heterocycles. The van der Waals surface area contributed by atoms with Gasteiger partial charge in [0.2, 0.25) is 5.91 Å². The summed E-state index contributed by atoms with van der Waals surface area (Å²) in [6.07, 6.45) is 3.86. The number of para-hydroxylation sites is 2. The van der Waals surface area contributed by atoms with E-state index >= 15 is 0 Å². The number of nitrogens with zero attached hydrogens (tertiary/aromatic N) is 2. The first-order valence-electron chi connectivity index (χ1n) is 12.8. The number of rotatable bonds is 5. The molecule has 4 aromatic rings. The summed E-state index contributed by atoms with van der Waals surface area (Å²) in [7, 11) is 0. The molecule has 1 spiro atoms. The van der Waals surface area contributed by atoms with Crippen molar-refractivity contribution in [1.82, 2.24) is 0 Å². The molecule has 1 amide bonds. The van der Waals surface area contributed by atoms with Gasteiger partial charge < -0.3 is 10.2 Å². The number of benzene rings is 3. The number of anilines is 2. The van der Waals surface area contributed by atoms with Gasteiger partial charge in [0.1, 0.15) is 11.5 Å². The molecule has 0 saturated carbocycles. The zero-order chi connectivity index (χ0) is 27.6. The SMILES string of the molecule is O=C(c1ccc([N+](=O)[O-])cc1)[C@@H]1[C@H](C(=O)c2cccs2)[C@@]2(C(=O)Nc3ccccc32)[C@@H]2C=Cc3ccccc3N12. The van der Waals surface area contributed by atoms with Crippen LogP contribution >= 0.6 is 11.3 Å². The van der Waals surface area contributed by atoms with E-state index in [1.165, 1.54) is 35.6 Å². The second-order valence-electron chi connectivity index (χ2n) is 10.1. The van der Waals surface area contributed by atoms with Gasteiger partial charge in [0.25, 0.3) is 5.69 Å². The molecule has 1 N–H and O–H groups in total. The van der Waals surface area contributed by atoms with Crippen molar-refractivity contribution in [3.05, 3.63) is 128 Å². The minimum absolute atomic E-state index is 0.140. The Morgan fingerprint density at radius 3 is 2.42 bits per heavy atom. The third-order valence-corrected chi connectivity index (χ3v) is 9.10. The normalized spacial score (nSPS) is 23.9. The average molecular weight is 548 g/mol. The molecule has 9 heteroatoms. The highest BCUT2D eigenvalue weighted by atomic mass is 32.1. The van der Waals surface area contributed by atoms with Crippen LogP contribution in [0.5, 0.6) is 0 Å². The minimum Gasteiger partial charge on any atom is -0.352 e. The predicted octanol–water partition coefficient (Wildman–Crippen LogP) is 5.51. The molecule has 40 heavy (non-hydrogen) atoms. The molecule has 0 unspecified atom stereocenters. The molecule has 0 aliphatic carbocycles. The second kappa shape index (κ2) is 8.82. The van der Waals surface area contributed by atoms with Crippen molar-refractivity contribution in [1.29, 1.82) is 0 Å². The number of ketones is 2. The Balaban J connectivity index is 1.51. The first-order valence-corrected chi connectivity index (χ1v) is 13.6. The zero-order valence-electron chi connectivity index (χ0n) is 20.9. The van der Waals surface area contributed by atoms with Gasteiger partial charge in [-0.05, 0) is 46.8 Å². The fourth-order valence-electron chi connectivity index (χ4n) is 6.61. The van der Waals surface area contributed by atoms with Crippen LogP contribution in [0, 0.1) is 16.0 Å². The first kappa shape index (κ1) is 24.2. The predicted molar refractivity (Wildman–Crippen MR) is 152 cm³/mol. The lowest BCUT2D eigenvalue weighted by Crippen LogP contribution is -2.51. The van der Waals surface area contributed by atoms with Crippen LogP contribution in [0.1, 0.15) is 31.2 Å². The molecule has 7 rings (SSSR count). The standard InChI is InChI=1S/C31H21N3O5S/c35-28(19-11-14-20(15-12-19)34(38)39)27-26(29(36)24-10-5-17-40-24)31(21-7-2-3-8-22(21)32-30(31)37)25-16-13-18-6-1-4-9-23(18)33(25)27/h1-17,25-27H,(H,32,37)/t25-,26+,27-,31-/m0/s1. The van der Waals surface area contributed by atoms with E-state index in [1.54, 1.807) is 17.5 Å². The molecule has 8 nitrogen and oxygen atoms in total. The highest BCUT2D eigenvalue weighted by Gasteiger charge is 2.70. The number of non-ortho nitro benzene ring substituents is 1. The summed E-state index contributed by atoms with van der Waals surface area (Å²) in [5.41, 5.74) is 1.61. The number of nitrogens with one attached hydrogen (secondary N) is 1. The van der Waals surface area contributed by atoms with Gasteiger partial charge in [-0.1, -0.05) is 54.6 Å². The highest BCUT2D eigenvalue weighted by Crippen LogP contribution is 2.58. The number of thiophene rings is 1. The zero-order valence-corrected chi connectivity index (χ0v) is 21.7. The molecular weight excluding hydrogens is 526 g/mol. The first-order chi connectivity index (χ1) is 19.4. The maximum atomic E-state index is 14.5. The Hall–Kier alpha value is -4.89. The van der Waals surface area contributed by atoms with Crippen molar-refractivity contribution in [3.63, 3.8) is 0 Å². The van der Waals surface area contributed by atoms with Gasteiger partial charge >= 0.3 is 0 Å². The van der Waals surface area contributed by atoms with E-state index in [-0.39, 0.29) is 28.7 Å². The van der Waals surface area contributed by atoms with E-state index < -0.39 is 28.3 Å². The topological polar surface area (TPSA) is 110 Å². The van der Waals surface area contributed by atoms with Gasteiger partial charge in [-0.2, -0.15) is 0 Å². The van der Waals surface area contributed by atoms with Gasteiger partial charge in [-0.3, -0.25) is 24.5 Å². The van der Waals surface area contributed by atoms with Crippen LogP contribution in [0.4, 0.5) is 17.1 Å². The van der Waals surface area contributed by atoms with Crippen LogP contribution in [0.3, 0.4) is 0 Å². The van der Waals surface area contributed by atoms with E-state index in [9.17, 15) is 24.5 Å². The van der Waals surface area contributed by atoms with E-state index in [0.29, 0.717) is 16.1 Å². The number of hydrogen-bond donors (Lipinski definition) is 1.